The SMILES string of the molecule is CCCc1ccc(C2CCC(OC(=O)c3ccc(C4CCC(CCC)CC4)cc3)CC2)cc1. The van der Waals surface area contributed by atoms with Gasteiger partial charge in [0.25, 0.3) is 0 Å². The molecule has 2 aromatic rings. The van der Waals surface area contributed by atoms with Gasteiger partial charge < -0.3 is 4.74 Å². The second kappa shape index (κ2) is 11.9. The van der Waals surface area contributed by atoms with Crippen LogP contribution >= 0.6 is 0 Å². The van der Waals surface area contributed by atoms with E-state index in [0.29, 0.717) is 17.4 Å². The van der Waals surface area contributed by atoms with Crippen LogP contribution in [0.25, 0.3) is 0 Å². The number of ether oxygens (including phenoxy) is 1. The van der Waals surface area contributed by atoms with E-state index in [9.17, 15) is 4.79 Å². The maximum Gasteiger partial charge on any atom is 0.338 e. The molecule has 0 saturated heterocycles. The van der Waals surface area contributed by atoms with E-state index in [0.717, 1.165) is 38.0 Å². The molecule has 0 unspecified atom stereocenters. The Bertz CT molecular complexity index is 851. The van der Waals surface area contributed by atoms with Crippen LogP contribution in [0.3, 0.4) is 0 Å². The molecule has 2 aromatic carbocycles. The first-order valence-electron chi connectivity index (χ1n) is 13.6. The van der Waals surface area contributed by atoms with Gasteiger partial charge >= 0.3 is 5.97 Å². The number of esters is 1. The first kappa shape index (κ1) is 24.0. The summed E-state index contributed by atoms with van der Waals surface area (Å²) in [6, 6.07) is 17.5. The van der Waals surface area contributed by atoms with Gasteiger partial charge in [-0.2, -0.15) is 0 Å². The van der Waals surface area contributed by atoms with Crippen LogP contribution in [-0.2, 0) is 11.2 Å². The van der Waals surface area contributed by atoms with Crippen molar-refractivity contribution in [3.8, 4) is 0 Å². The summed E-state index contributed by atoms with van der Waals surface area (Å²) in [7, 11) is 0. The number of hydrogen-bond donors (Lipinski definition) is 0. The minimum absolute atomic E-state index is 0.0571. The zero-order valence-corrected chi connectivity index (χ0v) is 20.7. The van der Waals surface area contributed by atoms with E-state index >= 15 is 0 Å². The molecule has 2 aliphatic carbocycles. The van der Waals surface area contributed by atoms with Gasteiger partial charge in [0.05, 0.1) is 5.56 Å². The first-order chi connectivity index (χ1) is 16.2. The number of carbonyl (C=O) groups is 1. The molecule has 0 aromatic heterocycles. The van der Waals surface area contributed by atoms with E-state index < -0.39 is 0 Å². The zero-order chi connectivity index (χ0) is 23.0. The molecule has 0 amide bonds. The van der Waals surface area contributed by atoms with Crippen molar-refractivity contribution in [3.63, 3.8) is 0 Å². The zero-order valence-electron chi connectivity index (χ0n) is 20.7. The minimum atomic E-state index is -0.152. The third-order valence-electron chi connectivity index (χ3n) is 8.10. The molecule has 0 radical (unpaired) electrons. The van der Waals surface area contributed by atoms with Crippen molar-refractivity contribution in [1.29, 1.82) is 0 Å². The summed E-state index contributed by atoms with van der Waals surface area (Å²) >= 11 is 0. The third kappa shape index (κ3) is 6.49. The molecule has 0 N–H and O–H groups in total. The van der Waals surface area contributed by atoms with E-state index in [1.165, 1.54) is 61.6 Å². The fourth-order valence-corrected chi connectivity index (χ4v) is 6.06. The fraction of sp³-hybridized carbons (Fsp3) is 0.581. The number of rotatable bonds is 8. The normalized spacial score (nSPS) is 25.5. The third-order valence-corrected chi connectivity index (χ3v) is 8.10. The molecule has 2 nitrogen and oxygen atoms in total. The smallest absolute Gasteiger partial charge is 0.338 e. The molecule has 33 heavy (non-hydrogen) atoms. The lowest BCUT2D eigenvalue weighted by atomic mass is 9.77. The average Bonchev–Trinajstić information content (AvgIpc) is 2.86. The van der Waals surface area contributed by atoms with Gasteiger partial charge in [0.1, 0.15) is 6.10 Å². The summed E-state index contributed by atoms with van der Waals surface area (Å²) in [5.74, 6) is 2.04. The maximum absolute atomic E-state index is 12.7. The molecule has 0 bridgehead atoms. The predicted molar refractivity (Wildman–Crippen MR) is 137 cm³/mol. The second-order valence-electron chi connectivity index (χ2n) is 10.5. The summed E-state index contributed by atoms with van der Waals surface area (Å²) in [6.07, 6.45) is 14.5. The fourth-order valence-electron chi connectivity index (χ4n) is 6.06. The Kier molecular flexibility index (Phi) is 8.64. The van der Waals surface area contributed by atoms with Crippen molar-refractivity contribution >= 4 is 5.97 Å². The Labute approximate surface area is 201 Å². The summed E-state index contributed by atoms with van der Waals surface area (Å²) in [5, 5.41) is 0. The lowest BCUT2D eigenvalue weighted by molar-refractivity contribution is 0.0195. The molecular formula is C31H42O2. The molecule has 0 spiro atoms. The quantitative estimate of drug-likeness (QED) is 0.379. The molecule has 2 saturated carbocycles. The van der Waals surface area contributed by atoms with Gasteiger partial charge in [-0.25, -0.2) is 4.79 Å². The molecule has 0 atom stereocenters. The molecule has 2 aliphatic rings. The molecule has 0 heterocycles. The Hall–Kier alpha value is -2.09. The van der Waals surface area contributed by atoms with Gasteiger partial charge in [0, 0.05) is 0 Å². The van der Waals surface area contributed by atoms with Crippen molar-refractivity contribution in [2.45, 2.75) is 109 Å². The van der Waals surface area contributed by atoms with Crippen LogP contribution in [-0.4, -0.2) is 12.1 Å². The summed E-state index contributed by atoms with van der Waals surface area (Å²) in [5.41, 5.74) is 4.97. The van der Waals surface area contributed by atoms with Crippen LogP contribution in [0.1, 0.15) is 123 Å². The molecule has 2 heteroatoms. The highest BCUT2D eigenvalue weighted by Gasteiger charge is 2.26. The Morgan fingerprint density at radius 1 is 0.727 bits per heavy atom. The van der Waals surface area contributed by atoms with Gasteiger partial charge in [-0.3, -0.25) is 0 Å². The van der Waals surface area contributed by atoms with E-state index in [1.807, 2.05) is 12.1 Å². The van der Waals surface area contributed by atoms with Crippen LogP contribution in [0.15, 0.2) is 48.5 Å². The first-order valence-corrected chi connectivity index (χ1v) is 13.6. The van der Waals surface area contributed by atoms with E-state index in [4.69, 9.17) is 4.74 Å². The van der Waals surface area contributed by atoms with Crippen LogP contribution < -0.4 is 0 Å². The van der Waals surface area contributed by atoms with E-state index in [2.05, 4.69) is 50.2 Å². The Morgan fingerprint density at radius 2 is 1.27 bits per heavy atom. The largest absolute Gasteiger partial charge is 0.459 e. The van der Waals surface area contributed by atoms with Gasteiger partial charge in [-0.1, -0.05) is 69.5 Å². The van der Waals surface area contributed by atoms with Crippen molar-refractivity contribution in [3.05, 3.63) is 70.8 Å². The van der Waals surface area contributed by atoms with Crippen molar-refractivity contribution in [1.82, 2.24) is 0 Å². The second-order valence-corrected chi connectivity index (χ2v) is 10.5. The Morgan fingerprint density at radius 3 is 1.82 bits per heavy atom. The monoisotopic (exact) mass is 446 g/mol. The number of hydrogen-bond acceptors (Lipinski definition) is 2. The van der Waals surface area contributed by atoms with Crippen molar-refractivity contribution in [2.75, 3.05) is 0 Å². The molecule has 4 rings (SSSR count). The van der Waals surface area contributed by atoms with Gasteiger partial charge in [-0.05, 0) is 104 Å². The van der Waals surface area contributed by atoms with Gasteiger partial charge in [-0.15, -0.1) is 0 Å². The lowest BCUT2D eigenvalue weighted by Gasteiger charge is -2.29. The van der Waals surface area contributed by atoms with Crippen molar-refractivity contribution in [2.24, 2.45) is 5.92 Å². The minimum Gasteiger partial charge on any atom is -0.459 e. The van der Waals surface area contributed by atoms with E-state index in [1.54, 1.807) is 0 Å². The molecule has 2 fully saturated rings. The molecule has 0 aliphatic heterocycles. The Balaban J connectivity index is 1.23. The van der Waals surface area contributed by atoms with Gasteiger partial charge in [0.2, 0.25) is 0 Å². The lowest BCUT2D eigenvalue weighted by Crippen LogP contribution is -2.24. The number of carbonyl (C=O) groups excluding carboxylic acids is 1. The van der Waals surface area contributed by atoms with Gasteiger partial charge in [0.15, 0.2) is 0 Å². The maximum atomic E-state index is 12.7. The number of aryl methyl sites for hydroxylation is 1. The highest BCUT2D eigenvalue weighted by molar-refractivity contribution is 5.89. The summed E-state index contributed by atoms with van der Waals surface area (Å²) in [6.45, 7) is 4.52. The van der Waals surface area contributed by atoms with Crippen molar-refractivity contribution < 1.29 is 9.53 Å². The van der Waals surface area contributed by atoms with Crippen LogP contribution in [0.5, 0.6) is 0 Å². The summed E-state index contributed by atoms with van der Waals surface area (Å²) in [4.78, 5) is 12.7. The van der Waals surface area contributed by atoms with E-state index in [-0.39, 0.29) is 12.1 Å². The number of benzene rings is 2. The van der Waals surface area contributed by atoms with Crippen LogP contribution in [0.4, 0.5) is 0 Å². The highest BCUT2D eigenvalue weighted by atomic mass is 16.5. The highest BCUT2D eigenvalue weighted by Crippen LogP contribution is 2.38. The standard InChI is InChI=1S/C31H42O2/c1-3-5-23-7-11-25(12-8-23)27-15-17-29(18-16-27)31(32)33-30-21-19-28(20-22-30)26-13-9-24(6-4-2)10-14-26/h9-10,13-18,23,25,28,30H,3-8,11-12,19-22H2,1-2H3. The molecule has 178 valence electrons. The van der Waals surface area contributed by atoms with Crippen LogP contribution in [0.2, 0.25) is 0 Å². The summed E-state index contributed by atoms with van der Waals surface area (Å²) < 4.78 is 5.90. The average molecular weight is 447 g/mol. The van der Waals surface area contributed by atoms with Crippen LogP contribution in [0, 0.1) is 5.92 Å². The predicted octanol–water partition coefficient (Wildman–Crippen LogP) is 8.60. The molecular weight excluding hydrogens is 404 g/mol. The topological polar surface area (TPSA) is 26.3 Å².